The number of carboxylic acid groups (broad SMARTS) is 4. The number of aliphatic carboxylic acids is 4. The average molecular weight is 1180 g/mol. The number of unbranched alkanes of at least 4 members (excludes halogenated alkanes) is 2. The second-order valence-corrected chi connectivity index (χ2v) is 21.0. The zero-order valence-corrected chi connectivity index (χ0v) is 47.5. The molecule has 0 spiro atoms. The van der Waals surface area contributed by atoms with Crippen molar-refractivity contribution in [1.29, 1.82) is 0 Å². The number of thiophene rings is 1. The lowest BCUT2D eigenvalue weighted by molar-refractivity contribution is -0.140. The number of carbonyl (C=O) groups is 10. The molecule has 0 radical (unpaired) electrons. The molecular formula is C55H76N12O15S. The van der Waals surface area contributed by atoms with Gasteiger partial charge in [-0.3, -0.25) is 53.1 Å². The summed E-state index contributed by atoms with van der Waals surface area (Å²) in [5.74, 6) is -7.30. The number of nitrogens with one attached hydrogen (secondary N) is 7. The number of aromatic nitrogens is 1. The molecule has 7 amide bonds. The van der Waals surface area contributed by atoms with Crippen molar-refractivity contribution in [3.8, 4) is 0 Å². The summed E-state index contributed by atoms with van der Waals surface area (Å²) in [5.41, 5.74) is 2.06. The number of likely N-dealkylation sites (N-methyl/N-ethyl adjacent to an activating group) is 1. The lowest BCUT2D eigenvalue weighted by Crippen LogP contribution is -2.52. The van der Waals surface area contributed by atoms with Crippen LogP contribution in [0.1, 0.15) is 83.2 Å². The zero-order valence-electron chi connectivity index (χ0n) is 46.7. The van der Waals surface area contributed by atoms with Crippen LogP contribution in [0, 0.1) is 6.92 Å². The van der Waals surface area contributed by atoms with Gasteiger partial charge in [-0.1, -0.05) is 48.0 Å². The molecule has 2 aromatic heterocycles. The number of fused-ring (bicyclic) bond motifs is 1. The summed E-state index contributed by atoms with van der Waals surface area (Å²) in [6, 6.07) is 11.4. The molecule has 27 nitrogen and oxygen atoms in total. The normalized spacial score (nSPS) is 15.1. The highest BCUT2D eigenvalue weighted by atomic mass is 32.1. The fourth-order valence-corrected chi connectivity index (χ4v) is 10.0. The largest absolute Gasteiger partial charge is 0.480 e. The molecule has 3 atom stereocenters. The van der Waals surface area contributed by atoms with E-state index in [2.05, 4.69) is 42.0 Å². The Labute approximate surface area is 483 Å². The van der Waals surface area contributed by atoms with Gasteiger partial charge in [-0.25, -0.2) is 9.59 Å². The highest BCUT2D eigenvalue weighted by Crippen LogP contribution is 2.27. The van der Waals surface area contributed by atoms with Crippen molar-refractivity contribution in [1.82, 2.24) is 62.0 Å². The van der Waals surface area contributed by atoms with Gasteiger partial charge in [-0.05, 0) is 86.5 Å². The van der Waals surface area contributed by atoms with E-state index in [1.165, 1.54) is 17.4 Å². The third-order valence-electron chi connectivity index (χ3n) is 13.7. The first-order chi connectivity index (χ1) is 39.8. The van der Waals surface area contributed by atoms with Crippen molar-refractivity contribution in [2.45, 2.75) is 83.5 Å². The Bertz CT molecular complexity index is 2800. The maximum atomic E-state index is 14.0. The highest BCUT2D eigenvalue weighted by molar-refractivity contribution is 7.17. The van der Waals surface area contributed by atoms with Crippen molar-refractivity contribution >= 4 is 80.9 Å². The van der Waals surface area contributed by atoms with Crippen molar-refractivity contribution in [2.75, 3.05) is 98.2 Å². The van der Waals surface area contributed by atoms with Gasteiger partial charge < -0.3 is 67.1 Å². The van der Waals surface area contributed by atoms with Crippen LogP contribution >= 0.6 is 11.3 Å². The quantitative estimate of drug-likeness (QED) is 0.0310. The summed E-state index contributed by atoms with van der Waals surface area (Å²) in [6.45, 7) is 6.45. The Hall–Kier alpha value is -8.05. The van der Waals surface area contributed by atoms with Crippen molar-refractivity contribution < 1.29 is 72.9 Å². The average Bonchev–Trinajstić information content (AvgIpc) is 4.26. The van der Waals surface area contributed by atoms with Crippen LogP contribution in [0.2, 0.25) is 0 Å². The number of amides is 7. The van der Waals surface area contributed by atoms with Crippen LogP contribution in [0.4, 0.5) is 4.79 Å². The van der Waals surface area contributed by atoms with Crippen LogP contribution in [-0.2, 0) is 46.5 Å². The number of hydrogen-bond donors (Lipinski definition) is 11. The van der Waals surface area contributed by atoms with Crippen molar-refractivity contribution in [2.24, 2.45) is 0 Å². The van der Waals surface area contributed by atoms with Crippen molar-refractivity contribution in [3.05, 3.63) is 88.1 Å². The third-order valence-corrected chi connectivity index (χ3v) is 14.7. The van der Waals surface area contributed by atoms with Gasteiger partial charge in [0, 0.05) is 88.2 Å². The number of nitrogens with zero attached hydrogens (tertiary/aromatic N) is 5. The predicted molar refractivity (Wildman–Crippen MR) is 304 cm³/mol. The molecule has 5 rings (SSSR count). The summed E-state index contributed by atoms with van der Waals surface area (Å²) >= 11 is 1.46. The minimum Gasteiger partial charge on any atom is -0.480 e. The van der Waals surface area contributed by atoms with E-state index in [-0.39, 0.29) is 102 Å². The molecule has 1 aliphatic rings. The van der Waals surface area contributed by atoms with Gasteiger partial charge in [-0.2, -0.15) is 0 Å². The van der Waals surface area contributed by atoms with E-state index in [1.54, 1.807) is 26.8 Å². The molecule has 2 aromatic carbocycles. The van der Waals surface area contributed by atoms with E-state index in [4.69, 9.17) is 9.63 Å². The molecule has 452 valence electrons. The molecule has 83 heavy (non-hydrogen) atoms. The molecule has 1 fully saturated rings. The van der Waals surface area contributed by atoms with Gasteiger partial charge >= 0.3 is 29.9 Å². The molecule has 0 bridgehead atoms. The summed E-state index contributed by atoms with van der Waals surface area (Å²) in [7, 11) is 0. The first kappa shape index (κ1) is 65.8. The Morgan fingerprint density at radius 2 is 1.19 bits per heavy atom. The fraction of sp³-hybridized carbons (Fsp3) is 0.509. The molecule has 1 saturated heterocycles. The second-order valence-electron chi connectivity index (χ2n) is 20.1. The lowest BCUT2D eigenvalue weighted by atomic mass is 10.0. The first-order valence-electron chi connectivity index (χ1n) is 27.5. The van der Waals surface area contributed by atoms with E-state index in [9.17, 15) is 63.3 Å². The number of carboxylic acids is 4. The molecule has 4 aromatic rings. The van der Waals surface area contributed by atoms with Gasteiger partial charge in [-0.15, -0.1) is 11.3 Å². The van der Waals surface area contributed by atoms with Crippen LogP contribution in [0.3, 0.4) is 0 Å². The van der Waals surface area contributed by atoms with E-state index >= 15 is 0 Å². The van der Waals surface area contributed by atoms with E-state index in [0.29, 0.717) is 64.2 Å². The first-order valence-corrected chi connectivity index (χ1v) is 28.4. The monoisotopic (exact) mass is 1180 g/mol. The number of benzene rings is 2. The molecule has 3 heterocycles. The summed E-state index contributed by atoms with van der Waals surface area (Å²) in [6.07, 6.45) is 1.56. The van der Waals surface area contributed by atoms with Crippen LogP contribution in [0.25, 0.3) is 10.1 Å². The van der Waals surface area contributed by atoms with Crippen LogP contribution < -0.4 is 37.2 Å². The molecule has 3 unspecified atom stereocenters. The second kappa shape index (κ2) is 34.4. The Balaban J connectivity index is 1.24. The van der Waals surface area contributed by atoms with Crippen molar-refractivity contribution in [3.63, 3.8) is 0 Å². The smallest absolute Gasteiger partial charge is 0.326 e. The van der Waals surface area contributed by atoms with Gasteiger partial charge in [0.05, 0.1) is 26.2 Å². The summed E-state index contributed by atoms with van der Waals surface area (Å²) < 4.78 is 6.41. The fourth-order valence-electron chi connectivity index (χ4n) is 9.03. The van der Waals surface area contributed by atoms with Gasteiger partial charge in [0.1, 0.15) is 24.7 Å². The minimum atomic E-state index is -1.33. The highest BCUT2D eigenvalue weighted by Gasteiger charge is 2.28. The minimum absolute atomic E-state index is 0.0274. The van der Waals surface area contributed by atoms with Gasteiger partial charge in [0.15, 0.2) is 11.5 Å². The molecule has 11 N–H and O–H groups in total. The van der Waals surface area contributed by atoms with Gasteiger partial charge in [0.2, 0.25) is 17.7 Å². The van der Waals surface area contributed by atoms with E-state index in [1.807, 2.05) is 60.9 Å². The van der Waals surface area contributed by atoms with E-state index in [0.717, 1.165) is 21.2 Å². The Kier molecular flexibility index (Phi) is 27.3. The SMILES string of the molecule is CCN1CCN(CC(=O)O)CCN(CC(=O)NC(CCCCNC(=O)c2ccc(C)cc2)C(=O)NCc2cc(C(=O)NC(Cc3csc4ccccc34)C(=O)NCCCCC(NC(=O)NCC(=O)O)C(=O)O)no2)CCN(CC(=O)O)CC1. The molecular weight excluding hydrogens is 1100 g/mol. The van der Waals surface area contributed by atoms with Crippen LogP contribution in [-0.4, -0.2) is 221 Å². The Morgan fingerprint density at radius 1 is 0.614 bits per heavy atom. The van der Waals surface area contributed by atoms with Crippen LogP contribution in [0.15, 0.2) is 64.5 Å². The van der Waals surface area contributed by atoms with Crippen LogP contribution in [0.5, 0.6) is 0 Å². The van der Waals surface area contributed by atoms with Gasteiger partial charge in [0.25, 0.3) is 11.8 Å². The number of aryl methyl sites for hydroxylation is 1. The summed E-state index contributed by atoms with van der Waals surface area (Å²) in [4.78, 5) is 134. The predicted octanol–water partition coefficient (Wildman–Crippen LogP) is 0.774. The molecule has 0 aliphatic carbocycles. The lowest BCUT2D eigenvalue weighted by Gasteiger charge is -2.33. The third kappa shape index (κ3) is 23.8. The maximum absolute atomic E-state index is 14.0. The zero-order chi connectivity index (χ0) is 60.3. The number of rotatable bonds is 31. The number of urea groups is 1. The number of carbonyl (C=O) groups excluding carboxylic acids is 6. The Morgan fingerprint density at radius 3 is 1.80 bits per heavy atom. The number of hydrogen-bond acceptors (Lipinski definition) is 17. The maximum Gasteiger partial charge on any atom is 0.326 e. The summed E-state index contributed by atoms with van der Waals surface area (Å²) in [5, 5.41) is 62.6. The van der Waals surface area contributed by atoms with E-state index < -0.39 is 78.2 Å². The molecule has 28 heteroatoms. The topological polar surface area (TPSA) is 375 Å². The standard InChI is InChI=1S/C55H76N12O15S/c1-3-64-20-22-66(33-48(71)72)26-24-65(25-27-67(23-21-64)34-49(73)74)32-46(68)60-41(11-6-8-18-56-50(75)37-16-14-36(2)15-17-37)51(76)58-30-39-29-44(63-82-39)53(78)61-43(28-38-35-83-45-13-5-4-10-40(38)45)52(77)57-19-9-7-12-42(54(79)80)62-55(81)59-31-47(69)70/h4-5,10,13-17,29,35,41-43H,3,6-9,11-12,18-28,30-34H2,1-2H3,(H,56,75)(H,57,77)(H,58,76)(H,60,68)(H,61,78)(H,69,70)(H,71,72)(H,73,74)(H,79,80)(H2,59,62,81). The molecule has 1 aliphatic heterocycles. The molecule has 0 saturated carbocycles.